The molecule has 0 saturated carbocycles. The predicted octanol–water partition coefficient (Wildman–Crippen LogP) is 6.57. The molecule has 0 radical (unpaired) electrons. The molecule has 0 amide bonds. The van der Waals surface area contributed by atoms with Crippen LogP contribution in [0.5, 0.6) is 0 Å². The lowest BCUT2D eigenvalue weighted by molar-refractivity contribution is 1.27. The number of nitrogens with one attached hydrogen (secondary N) is 2. The van der Waals surface area contributed by atoms with Crippen molar-refractivity contribution in [2.75, 3.05) is 17.7 Å². The summed E-state index contributed by atoms with van der Waals surface area (Å²) in [4.78, 5) is 4.45. The molecule has 2 aromatic rings. The van der Waals surface area contributed by atoms with E-state index >= 15 is 0 Å². The number of pyridine rings is 1. The molecule has 3 heteroatoms. The van der Waals surface area contributed by atoms with Crippen LogP contribution in [0.15, 0.2) is 37.0 Å². The first kappa shape index (κ1) is 21.7. The summed E-state index contributed by atoms with van der Waals surface area (Å²) in [5.41, 5.74) is 6.54. The van der Waals surface area contributed by atoms with Crippen LogP contribution in [0.25, 0.3) is 5.57 Å². The molecular formula is C21H33N3. The van der Waals surface area contributed by atoms with Crippen LogP contribution in [-0.4, -0.2) is 12.0 Å². The first-order valence-corrected chi connectivity index (χ1v) is 8.69. The van der Waals surface area contributed by atoms with E-state index in [1.165, 1.54) is 11.1 Å². The Bertz CT molecular complexity index is 625. The van der Waals surface area contributed by atoms with E-state index in [1.807, 2.05) is 47.7 Å². The molecule has 0 aliphatic heterocycles. The van der Waals surface area contributed by atoms with E-state index in [-0.39, 0.29) is 0 Å². The second kappa shape index (κ2) is 11.3. The normalized spacial score (nSPS) is 9.00. The zero-order valence-electron chi connectivity index (χ0n) is 16.5. The van der Waals surface area contributed by atoms with Crippen molar-refractivity contribution in [3.05, 3.63) is 53.7 Å². The largest absolute Gasteiger partial charge is 0.387 e. The number of aryl methyl sites for hydroxylation is 2. The fourth-order valence-electron chi connectivity index (χ4n) is 2.38. The number of hydrogen-bond acceptors (Lipinski definition) is 3. The van der Waals surface area contributed by atoms with Crippen LogP contribution in [0.2, 0.25) is 0 Å². The highest BCUT2D eigenvalue weighted by Crippen LogP contribution is 2.30. The van der Waals surface area contributed by atoms with Crippen LogP contribution in [0.1, 0.15) is 51.3 Å². The van der Waals surface area contributed by atoms with E-state index in [0.717, 1.165) is 28.3 Å². The summed E-state index contributed by atoms with van der Waals surface area (Å²) < 4.78 is 0. The van der Waals surface area contributed by atoms with Crippen LogP contribution in [0.3, 0.4) is 0 Å². The smallest absolute Gasteiger partial charge is 0.139 e. The third-order valence-electron chi connectivity index (χ3n) is 3.13. The zero-order valence-corrected chi connectivity index (χ0v) is 16.5. The zero-order chi connectivity index (χ0) is 18.7. The molecule has 3 nitrogen and oxygen atoms in total. The maximum absolute atomic E-state index is 4.45. The van der Waals surface area contributed by atoms with Crippen molar-refractivity contribution in [1.29, 1.82) is 0 Å². The molecule has 1 aromatic carbocycles. The van der Waals surface area contributed by atoms with Gasteiger partial charge in [0.2, 0.25) is 0 Å². The minimum atomic E-state index is 0.828. The van der Waals surface area contributed by atoms with Crippen LogP contribution in [0, 0.1) is 13.8 Å². The van der Waals surface area contributed by atoms with E-state index < -0.39 is 0 Å². The van der Waals surface area contributed by atoms with Gasteiger partial charge in [-0.05, 0) is 55.7 Å². The summed E-state index contributed by atoms with van der Waals surface area (Å²) in [5.74, 6) is 0.828. The van der Waals surface area contributed by atoms with Gasteiger partial charge in [-0.2, -0.15) is 0 Å². The van der Waals surface area contributed by atoms with Gasteiger partial charge >= 0.3 is 0 Å². The molecule has 2 N–H and O–H groups in total. The van der Waals surface area contributed by atoms with Crippen molar-refractivity contribution in [2.24, 2.45) is 0 Å². The van der Waals surface area contributed by atoms with E-state index in [1.54, 1.807) is 6.20 Å². The van der Waals surface area contributed by atoms with Crippen molar-refractivity contribution in [3.63, 3.8) is 0 Å². The van der Waals surface area contributed by atoms with Gasteiger partial charge in [0.15, 0.2) is 0 Å². The van der Waals surface area contributed by atoms with E-state index in [4.69, 9.17) is 0 Å². The Morgan fingerprint density at radius 3 is 2.00 bits per heavy atom. The lowest BCUT2D eigenvalue weighted by Gasteiger charge is -2.15. The fourth-order valence-corrected chi connectivity index (χ4v) is 2.38. The van der Waals surface area contributed by atoms with Gasteiger partial charge in [-0.3, -0.25) is 0 Å². The monoisotopic (exact) mass is 327 g/mol. The van der Waals surface area contributed by atoms with Crippen LogP contribution >= 0.6 is 0 Å². The van der Waals surface area contributed by atoms with Gasteiger partial charge in [0.25, 0.3) is 0 Å². The molecule has 24 heavy (non-hydrogen) atoms. The van der Waals surface area contributed by atoms with Gasteiger partial charge in [0.05, 0.1) is 0 Å². The molecule has 1 aromatic heterocycles. The van der Waals surface area contributed by atoms with Crippen LogP contribution < -0.4 is 10.6 Å². The third kappa shape index (κ3) is 6.07. The molecule has 132 valence electrons. The highest BCUT2D eigenvalue weighted by atomic mass is 15.0. The van der Waals surface area contributed by atoms with Gasteiger partial charge < -0.3 is 10.6 Å². The molecule has 0 fully saturated rings. The second-order valence-corrected chi connectivity index (χ2v) is 5.11. The number of aromatic nitrogens is 1. The molecule has 0 spiro atoms. The summed E-state index contributed by atoms with van der Waals surface area (Å²) in [5, 5.41) is 6.58. The lowest BCUT2D eigenvalue weighted by atomic mass is 10.1. The Morgan fingerprint density at radius 1 is 1.00 bits per heavy atom. The molecule has 0 aliphatic carbocycles. The van der Waals surface area contributed by atoms with Gasteiger partial charge in [-0.1, -0.05) is 40.3 Å². The van der Waals surface area contributed by atoms with Crippen molar-refractivity contribution in [1.82, 2.24) is 4.98 Å². The van der Waals surface area contributed by atoms with Crippen molar-refractivity contribution >= 4 is 22.8 Å². The summed E-state index contributed by atoms with van der Waals surface area (Å²) >= 11 is 0. The number of allylic oxidation sites excluding steroid dienone is 1. The molecule has 2 rings (SSSR count). The standard InChI is InChI=1S/C17H21N3.2C2H6/c1-11(2)16-15(18-5)6-7-19-17(16)20-14-9-12(3)8-13(4)10-14;2*1-2/h6-10H,1H2,2-5H3,(H2,18,19,20);2*1-2H3. The highest BCUT2D eigenvalue weighted by molar-refractivity contribution is 5.83. The van der Waals surface area contributed by atoms with E-state index in [9.17, 15) is 0 Å². The molecule has 0 aliphatic rings. The molecule has 0 bridgehead atoms. The van der Waals surface area contributed by atoms with Gasteiger partial charge in [-0.15, -0.1) is 0 Å². The molecular weight excluding hydrogens is 294 g/mol. The Kier molecular flexibility index (Phi) is 10.2. The second-order valence-electron chi connectivity index (χ2n) is 5.11. The van der Waals surface area contributed by atoms with Gasteiger partial charge in [0.1, 0.15) is 5.82 Å². The van der Waals surface area contributed by atoms with E-state index in [2.05, 4.69) is 54.2 Å². The summed E-state index contributed by atoms with van der Waals surface area (Å²) in [6, 6.07) is 8.34. The maximum atomic E-state index is 4.45. The van der Waals surface area contributed by atoms with Gasteiger partial charge in [0, 0.05) is 30.2 Å². The van der Waals surface area contributed by atoms with Crippen LogP contribution in [0.4, 0.5) is 17.2 Å². The van der Waals surface area contributed by atoms with Crippen molar-refractivity contribution < 1.29 is 0 Å². The Morgan fingerprint density at radius 2 is 1.54 bits per heavy atom. The third-order valence-corrected chi connectivity index (χ3v) is 3.13. The number of rotatable bonds is 4. The predicted molar refractivity (Wildman–Crippen MR) is 110 cm³/mol. The lowest BCUT2D eigenvalue weighted by Crippen LogP contribution is -2.02. The summed E-state index contributed by atoms with van der Waals surface area (Å²) in [7, 11) is 1.91. The Labute approximate surface area is 148 Å². The average Bonchev–Trinajstić information content (AvgIpc) is 2.57. The molecule has 1 heterocycles. The number of benzene rings is 1. The number of hydrogen-bond donors (Lipinski definition) is 2. The maximum Gasteiger partial charge on any atom is 0.139 e. The average molecular weight is 328 g/mol. The van der Waals surface area contributed by atoms with Gasteiger partial charge in [-0.25, -0.2) is 4.98 Å². The minimum Gasteiger partial charge on any atom is -0.387 e. The minimum absolute atomic E-state index is 0.828. The molecule has 0 saturated heterocycles. The number of nitrogens with zero attached hydrogens (tertiary/aromatic N) is 1. The number of anilines is 3. The molecule has 0 unspecified atom stereocenters. The first-order valence-electron chi connectivity index (χ1n) is 8.69. The first-order chi connectivity index (χ1) is 11.5. The topological polar surface area (TPSA) is 37.0 Å². The fraction of sp³-hybridized carbons (Fsp3) is 0.381. The highest BCUT2D eigenvalue weighted by Gasteiger charge is 2.10. The Hall–Kier alpha value is -2.29. The SMILES string of the molecule is C=C(C)c1c(NC)ccnc1Nc1cc(C)cc(C)c1.CC.CC. The summed E-state index contributed by atoms with van der Waals surface area (Å²) in [6.45, 7) is 18.2. The van der Waals surface area contributed by atoms with E-state index in [0.29, 0.717) is 0 Å². The summed E-state index contributed by atoms with van der Waals surface area (Å²) in [6.07, 6.45) is 1.79. The quantitative estimate of drug-likeness (QED) is 0.667. The van der Waals surface area contributed by atoms with Crippen LogP contribution in [-0.2, 0) is 0 Å². The molecule has 0 atom stereocenters. The Balaban J connectivity index is 0.00000123. The van der Waals surface area contributed by atoms with Crippen molar-refractivity contribution in [3.8, 4) is 0 Å². The van der Waals surface area contributed by atoms with Crippen molar-refractivity contribution in [2.45, 2.75) is 48.5 Å².